The number of ether oxygens (including phenoxy) is 1. The Morgan fingerprint density at radius 2 is 2.29 bits per heavy atom. The summed E-state index contributed by atoms with van der Waals surface area (Å²) in [7, 11) is 1.67. The maximum absolute atomic E-state index is 11.2. The van der Waals surface area contributed by atoms with Gasteiger partial charge >= 0.3 is 0 Å². The number of amides is 1. The number of rotatable bonds is 7. The van der Waals surface area contributed by atoms with E-state index in [1.165, 1.54) is 12.3 Å². The average molecular weight is 238 g/mol. The lowest BCUT2D eigenvalue weighted by molar-refractivity contribution is 0.100. The molecule has 0 bridgehead atoms. The molecule has 0 aliphatic heterocycles. The Balaban J connectivity index is 2.55. The molecule has 1 rings (SSSR count). The van der Waals surface area contributed by atoms with Crippen LogP contribution in [0.15, 0.2) is 12.3 Å². The molecule has 94 valence electrons. The lowest BCUT2D eigenvalue weighted by atomic mass is 10.2. The molecule has 1 amide bonds. The quantitative estimate of drug-likeness (QED) is 0.603. The fourth-order valence-corrected chi connectivity index (χ4v) is 1.39. The van der Waals surface area contributed by atoms with Gasteiger partial charge in [0.1, 0.15) is 5.82 Å². The zero-order valence-electron chi connectivity index (χ0n) is 9.90. The lowest BCUT2D eigenvalue weighted by Gasteiger charge is -2.09. The summed E-state index contributed by atoms with van der Waals surface area (Å²) < 4.78 is 4.94. The monoisotopic (exact) mass is 238 g/mol. The molecule has 1 aromatic rings. The van der Waals surface area contributed by atoms with Gasteiger partial charge in [0, 0.05) is 20.3 Å². The van der Waals surface area contributed by atoms with Gasteiger partial charge in [-0.25, -0.2) is 4.98 Å². The van der Waals surface area contributed by atoms with Gasteiger partial charge in [-0.1, -0.05) is 0 Å². The fraction of sp³-hybridized carbons (Fsp3) is 0.455. The van der Waals surface area contributed by atoms with Gasteiger partial charge in [0.15, 0.2) is 0 Å². The van der Waals surface area contributed by atoms with Crippen LogP contribution in [0.3, 0.4) is 0 Å². The molecule has 1 aromatic heterocycles. The van der Waals surface area contributed by atoms with E-state index in [1.807, 2.05) is 0 Å². The molecule has 5 N–H and O–H groups in total. The van der Waals surface area contributed by atoms with Crippen molar-refractivity contribution in [1.29, 1.82) is 0 Å². The lowest BCUT2D eigenvalue weighted by Crippen LogP contribution is -2.16. The van der Waals surface area contributed by atoms with E-state index in [0.29, 0.717) is 23.6 Å². The molecule has 0 fully saturated rings. The molecular weight excluding hydrogens is 220 g/mol. The van der Waals surface area contributed by atoms with Gasteiger partial charge in [-0.2, -0.15) is 0 Å². The van der Waals surface area contributed by atoms with Gasteiger partial charge in [0.05, 0.1) is 17.4 Å². The second kappa shape index (κ2) is 6.70. The molecule has 0 aromatic carbocycles. The van der Waals surface area contributed by atoms with Crippen LogP contribution in [-0.4, -0.2) is 31.2 Å². The molecule has 6 nitrogen and oxygen atoms in total. The molecule has 0 spiro atoms. The minimum absolute atomic E-state index is 0.316. The zero-order valence-corrected chi connectivity index (χ0v) is 9.90. The minimum Gasteiger partial charge on any atom is -0.397 e. The Hall–Kier alpha value is -1.82. The van der Waals surface area contributed by atoms with Crippen molar-refractivity contribution in [2.24, 2.45) is 5.73 Å². The van der Waals surface area contributed by atoms with Crippen molar-refractivity contribution in [3.05, 3.63) is 17.8 Å². The summed E-state index contributed by atoms with van der Waals surface area (Å²) in [5, 5.41) is 3.06. The first kappa shape index (κ1) is 13.2. The highest BCUT2D eigenvalue weighted by atomic mass is 16.5. The standard InChI is InChI=1S/C11H18N4O2/c1-17-5-3-2-4-14-11-9(10(13)16)6-8(12)7-15-11/h6-7H,2-5,12H2,1H3,(H2,13,16)(H,14,15). The van der Waals surface area contributed by atoms with Crippen LogP contribution in [0.2, 0.25) is 0 Å². The van der Waals surface area contributed by atoms with Gasteiger partial charge in [0.25, 0.3) is 5.91 Å². The molecule has 17 heavy (non-hydrogen) atoms. The summed E-state index contributed by atoms with van der Waals surface area (Å²) in [6.45, 7) is 1.43. The topological polar surface area (TPSA) is 103 Å². The fourth-order valence-electron chi connectivity index (χ4n) is 1.39. The van der Waals surface area contributed by atoms with E-state index >= 15 is 0 Å². The van der Waals surface area contributed by atoms with Gasteiger partial charge < -0.3 is 21.5 Å². The van der Waals surface area contributed by atoms with Crippen molar-refractivity contribution in [1.82, 2.24) is 4.98 Å². The maximum atomic E-state index is 11.2. The number of primary amides is 1. The molecule has 0 unspecified atom stereocenters. The average Bonchev–Trinajstić information content (AvgIpc) is 2.30. The molecule has 0 aliphatic rings. The number of carbonyl (C=O) groups is 1. The highest BCUT2D eigenvalue weighted by molar-refractivity contribution is 5.98. The van der Waals surface area contributed by atoms with Crippen molar-refractivity contribution in [3.8, 4) is 0 Å². The van der Waals surface area contributed by atoms with Crippen LogP contribution in [0, 0.1) is 0 Å². The van der Waals surface area contributed by atoms with Crippen molar-refractivity contribution < 1.29 is 9.53 Å². The molecule has 0 saturated carbocycles. The molecule has 6 heteroatoms. The number of hydrogen-bond donors (Lipinski definition) is 3. The van der Waals surface area contributed by atoms with Gasteiger partial charge in [-0.3, -0.25) is 4.79 Å². The minimum atomic E-state index is -0.538. The van der Waals surface area contributed by atoms with E-state index < -0.39 is 5.91 Å². The number of pyridine rings is 1. The Bertz CT molecular complexity index is 382. The SMILES string of the molecule is COCCCCNc1ncc(N)cc1C(N)=O. The van der Waals surface area contributed by atoms with Crippen molar-refractivity contribution >= 4 is 17.4 Å². The van der Waals surface area contributed by atoms with Crippen LogP contribution in [0.5, 0.6) is 0 Å². The van der Waals surface area contributed by atoms with E-state index in [2.05, 4.69) is 10.3 Å². The maximum Gasteiger partial charge on any atom is 0.252 e. The van der Waals surface area contributed by atoms with E-state index in [1.54, 1.807) is 7.11 Å². The molecule has 0 saturated heterocycles. The number of aromatic nitrogens is 1. The van der Waals surface area contributed by atoms with Gasteiger partial charge in [0.2, 0.25) is 0 Å². The summed E-state index contributed by atoms with van der Waals surface area (Å²) >= 11 is 0. The largest absolute Gasteiger partial charge is 0.397 e. The third kappa shape index (κ3) is 4.28. The number of hydrogen-bond acceptors (Lipinski definition) is 5. The second-order valence-electron chi connectivity index (χ2n) is 3.66. The molecular formula is C11H18N4O2. The van der Waals surface area contributed by atoms with Crippen LogP contribution < -0.4 is 16.8 Å². The first-order chi connectivity index (χ1) is 8.15. The third-order valence-corrected chi connectivity index (χ3v) is 2.24. The summed E-state index contributed by atoms with van der Waals surface area (Å²) in [6.07, 6.45) is 3.37. The Kier molecular flexibility index (Phi) is 5.22. The third-order valence-electron chi connectivity index (χ3n) is 2.24. The predicted octanol–water partition coefficient (Wildman–Crippen LogP) is 0.601. The molecule has 0 atom stereocenters. The van der Waals surface area contributed by atoms with Crippen molar-refractivity contribution in [2.75, 3.05) is 31.3 Å². The van der Waals surface area contributed by atoms with E-state index in [9.17, 15) is 4.79 Å². The van der Waals surface area contributed by atoms with Crippen LogP contribution in [0.1, 0.15) is 23.2 Å². The van der Waals surface area contributed by atoms with Gasteiger partial charge in [-0.15, -0.1) is 0 Å². The number of unbranched alkanes of at least 4 members (excludes halogenated alkanes) is 1. The van der Waals surface area contributed by atoms with E-state index in [4.69, 9.17) is 16.2 Å². The van der Waals surface area contributed by atoms with E-state index in [-0.39, 0.29) is 0 Å². The first-order valence-corrected chi connectivity index (χ1v) is 5.43. The first-order valence-electron chi connectivity index (χ1n) is 5.43. The number of nitrogen functional groups attached to an aromatic ring is 1. The molecule has 1 heterocycles. The predicted molar refractivity (Wildman–Crippen MR) is 66.8 cm³/mol. The summed E-state index contributed by atoms with van der Waals surface area (Å²) in [6, 6.07) is 1.52. The van der Waals surface area contributed by atoms with Crippen LogP contribution in [0.25, 0.3) is 0 Å². The Morgan fingerprint density at radius 1 is 1.53 bits per heavy atom. The summed E-state index contributed by atoms with van der Waals surface area (Å²) in [5.74, 6) is -0.0618. The Morgan fingerprint density at radius 3 is 2.94 bits per heavy atom. The number of carbonyl (C=O) groups excluding carboxylic acids is 1. The highest BCUT2D eigenvalue weighted by Crippen LogP contribution is 2.14. The van der Waals surface area contributed by atoms with Gasteiger partial charge in [-0.05, 0) is 18.9 Å². The number of methoxy groups -OCH3 is 1. The number of nitrogens with two attached hydrogens (primary N) is 2. The van der Waals surface area contributed by atoms with Crippen LogP contribution in [0.4, 0.5) is 11.5 Å². The smallest absolute Gasteiger partial charge is 0.252 e. The van der Waals surface area contributed by atoms with Crippen molar-refractivity contribution in [3.63, 3.8) is 0 Å². The zero-order chi connectivity index (χ0) is 12.7. The normalized spacial score (nSPS) is 10.2. The number of anilines is 2. The summed E-state index contributed by atoms with van der Waals surface area (Å²) in [4.78, 5) is 15.2. The van der Waals surface area contributed by atoms with Crippen LogP contribution in [-0.2, 0) is 4.74 Å². The number of nitrogens with one attached hydrogen (secondary N) is 1. The highest BCUT2D eigenvalue weighted by Gasteiger charge is 2.09. The Labute approximate surface area is 100 Å². The van der Waals surface area contributed by atoms with E-state index in [0.717, 1.165) is 19.4 Å². The second-order valence-corrected chi connectivity index (χ2v) is 3.66. The molecule has 0 radical (unpaired) electrons. The van der Waals surface area contributed by atoms with Crippen molar-refractivity contribution in [2.45, 2.75) is 12.8 Å². The van der Waals surface area contributed by atoms with Crippen LogP contribution >= 0.6 is 0 Å². The number of nitrogens with zero attached hydrogens (tertiary/aromatic N) is 1. The molecule has 0 aliphatic carbocycles. The summed E-state index contributed by atoms with van der Waals surface area (Å²) in [5.41, 5.74) is 11.5.